The number of rotatable bonds is 7. The normalized spacial score (nSPS) is 10.6. The Labute approximate surface area is 149 Å². The van der Waals surface area contributed by atoms with Gasteiger partial charge in [0.2, 0.25) is 5.91 Å². The predicted octanol–water partition coefficient (Wildman–Crippen LogP) is 2.54. The Kier molecular flexibility index (Phi) is 5.76. The number of aromatic nitrogens is 4. The van der Waals surface area contributed by atoms with Gasteiger partial charge in [-0.15, -0.1) is 10.2 Å². The minimum Gasteiger partial charge on any atom is -0.377 e. The second-order valence-electron chi connectivity index (χ2n) is 5.05. The molecule has 0 aliphatic carbocycles. The number of carbonyl (C=O) groups excluding carboxylic acids is 1. The smallest absolute Gasteiger partial charge is 0.236 e. The van der Waals surface area contributed by atoms with E-state index in [1.54, 1.807) is 25.4 Å². The summed E-state index contributed by atoms with van der Waals surface area (Å²) in [5.74, 6) is 1.26. The average molecular weight is 355 g/mol. The van der Waals surface area contributed by atoms with Gasteiger partial charge < -0.3 is 10.1 Å². The Morgan fingerprint density at radius 2 is 1.96 bits per heavy atom. The lowest BCUT2D eigenvalue weighted by Crippen LogP contribution is -2.15. The van der Waals surface area contributed by atoms with E-state index in [0.29, 0.717) is 23.4 Å². The minimum absolute atomic E-state index is 0.153. The summed E-state index contributed by atoms with van der Waals surface area (Å²) in [6.07, 6.45) is 1.63. The highest BCUT2D eigenvalue weighted by Gasteiger charge is 2.15. The Hall–Kier alpha value is -2.71. The molecule has 0 spiro atoms. The van der Waals surface area contributed by atoms with E-state index in [1.807, 2.05) is 41.0 Å². The standard InChI is InChI=1S/C17H17N5O2S/c1-24-11-15-20-21-17(22(15)13-7-3-2-4-8-13)25-12-16(23)19-14-9-5-6-10-18-14/h2-10H,11-12H2,1H3,(H,18,19,23). The fourth-order valence-corrected chi connectivity index (χ4v) is 2.97. The summed E-state index contributed by atoms with van der Waals surface area (Å²) in [6, 6.07) is 15.1. The van der Waals surface area contributed by atoms with Gasteiger partial charge in [0.05, 0.1) is 5.75 Å². The van der Waals surface area contributed by atoms with Crippen molar-refractivity contribution in [2.24, 2.45) is 0 Å². The number of nitrogens with zero attached hydrogens (tertiary/aromatic N) is 4. The van der Waals surface area contributed by atoms with Crippen LogP contribution < -0.4 is 5.32 Å². The SMILES string of the molecule is COCc1nnc(SCC(=O)Nc2ccccn2)n1-c1ccccc1. The highest BCUT2D eigenvalue weighted by atomic mass is 32.2. The van der Waals surface area contributed by atoms with E-state index in [-0.39, 0.29) is 11.7 Å². The van der Waals surface area contributed by atoms with E-state index < -0.39 is 0 Å². The van der Waals surface area contributed by atoms with E-state index >= 15 is 0 Å². The maximum absolute atomic E-state index is 12.1. The van der Waals surface area contributed by atoms with Crippen LogP contribution in [0, 0.1) is 0 Å². The summed E-state index contributed by atoms with van der Waals surface area (Å²) >= 11 is 1.31. The van der Waals surface area contributed by atoms with Crippen molar-refractivity contribution in [2.75, 3.05) is 18.2 Å². The molecule has 0 atom stereocenters. The molecule has 1 N–H and O–H groups in total. The van der Waals surface area contributed by atoms with E-state index in [1.165, 1.54) is 11.8 Å². The molecule has 0 saturated heterocycles. The molecular formula is C17H17N5O2S. The summed E-state index contributed by atoms with van der Waals surface area (Å²) < 4.78 is 7.08. The fraction of sp³-hybridized carbons (Fsp3) is 0.176. The molecule has 0 saturated carbocycles. The number of nitrogens with one attached hydrogen (secondary N) is 1. The number of hydrogen-bond acceptors (Lipinski definition) is 6. The van der Waals surface area contributed by atoms with Gasteiger partial charge in [-0.1, -0.05) is 36.0 Å². The van der Waals surface area contributed by atoms with Crippen LogP contribution in [0.3, 0.4) is 0 Å². The summed E-state index contributed by atoms with van der Waals surface area (Å²) in [6.45, 7) is 0.336. The summed E-state index contributed by atoms with van der Waals surface area (Å²) in [4.78, 5) is 16.2. The second-order valence-corrected chi connectivity index (χ2v) is 6.00. The topological polar surface area (TPSA) is 81.9 Å². The van der Waals surface area contributed by atoms with Crippen LogP contribution in [0.25, 0.3) is 5.69 Å². The Morgan fingerprint density at radius 3 is 2.68 bits per heavy atom. The third kappa shape index (κ3) is 4.43. The van der Waals surface area contributed by atoms with Gasteiger partial charge in [0.25, 0.3) is 0 Å². The van der Waals surface area contributed by atoms with Crippen molar-refractivity contribution in [1.82, 2.24) is 19.7 Å². The maximum Gasteiger partial charge on any atom is 0.236 e. The van der Waals surface area contributed by atoms with Gasteiger partial charge in [-0.3, -0.25) is 9.36 Å². The number of pyridine rings is 1. The molecule has 3 rings (SSSR count). The Balaban J connectivity index is 1.73. The van der Waals surface area contributed by atoms with Crippen molar-refractivity contribution in [3.05, 3.63) is 60.6 Å². The summed E-state index contributed by atoms with van der Waals surface area (Å²) in [5, 5.41) is 11.7. The minimum atomic E-state index is -0.153. The molecule has 128 valence electrons. The van der Waals surface area contributed by atoms with Crippen molar-refractivity contribution >= 4 is 23.5 Å². The highest BCUT2D eigenvalue weighted by molar-refractivity contribution is 7.99. The molecule has 0 fully saturated rings. The molecule has 0 radical (unpaired) electrons. The van der Waals surface area contributed by atoms with Gasteiger partial charge in [-0.05, 0) is 24.3 Å². The predicted molar refractivity (Wildman–Crippen MR) is 95.7 cm³/mol. The van der Waals surface area contributed by atoms with E-state index in [9.17, 15) is 4.79 Å². The molecule has 3 aromatic rings. The molecule has 2 heterocycles. The van der Waals surface area contributed by atoms with Crippen LogP contribution in [0.15, 0.2) is 59.9 Å². The number of ether oxygens (including phenoxy) is 1. The lowest BCUT2D eigenvalue weighted by atomic mass is 10.3. The van der Waals surface area contributed by atoms with Crippen LogP contribution in [0.1, 0.15) is 5.82 Å². The van der Waals surface area contributed by atoms with E-state index in [4.69, 9.17) is 4.74 Å². The summed E-state index contributed by atoms with van der Waals surface area (Å²) in [5.41, 5.74) is 0.923. The third-order valence-electron chi connectivity index (χ3n) is 3.25. The largest absolute Gasteiger partial charge is 0.377 e. The molecule has 0 bridgehead atoms. The first-order chi connectivity index (χ1) is 12.3. The number of hydrogen-bond donors (Lipinski definition) is 1. The first-order valence-electron chi connectivity index (χ1n) is 7.60. The molecule has 25 heavy (non-hydrogen) atoms. The first-order valence-corrected chi connectivity index (χ1v) is 8.59. The van der Waals surface area contributed by atoms with Gasteiger partial charge in [0.1, 0.15) is 12.4 Å². The number of thioether (sulfide) groups is 1. The van der Waals surface area contributed by atoms with Gasteiger partial charge in [-0.25, -0.2) is 4.98 Å². The molecule has 1 amide bonds. The highest BCUT2D eigenvalue weighted by Crippen LogP contribution is 2.22. The zero-order valence-electron chi connectivity index (χ0n) is 13.6. The molecule has 1 aromatic carbocycles. The van der Waals surface area contributed by atoms with E-state index in [0.717, 1.165) is 5.69 Å². The van der Waals surface area contributed by atoms with Crippen LogP contribution in [-0.4, -0.2) is 38.5 Å². The second kappa shape index (κ2) is 8.41. The van der Waals surface area contributed by atoms with Gasteiger partial charge >= 0.3 is 0 Å². The van der Waals surface area contributed by atoms with Crippen molar-refractivity contribution in [1.29, 1.82) is 0 Å². The van der Waals surface area contributed by atoms with Gasteiger partial charge in [0.15, 0.2) is 11.0 Å². The maximum atomic E-state index is 12.1. The zero-order chi connectivity index (χ0) is 17.5. The average Bonchev–Trinajstić information content (AvgIpc) is 3.04. The van der Waals surface area contributed by atoms with Crippen LogP contribution in [-0.2, 0) is 16.1 Å². The first kappa shape index (κ1) is 17.1. The Morgan fingerprint density at radius 1 is 1.16 bits per heavy atom. The van der Waals surface area contributed by atoms with Crippen molar-refractivity contribution in [3.8, 4) is 5.69 Å². The molecule has 0 aliphatic heterocycles. The molecule has 0 aliphatic rings. The molecule has 2 aromatic heterocycles. The van der Waals surface area contributed by atoms with Gasteiger partial charge in [0, 0.05) is 19.0 Å². The molecule has 7 nitrogen and oxygen atoms in total. The van der Waals surface area contributed by atoms with Crippen LogP contribution >= 0.6 is 11.8 Å². The summed E-state index contributed by atoms with van der Waals surface area (Å²) in [7, 11) is 1.61. The zero-order valence-corrected chi connectivity index (χ0v) is 14.4. The number of methoxy groups -OCH3 is 1. The number of amides is 1. The molecule has 8 heteroatoms. The number of anilines is 1. The third-order valence-corrected chi connectivity index (χ3v) is 4.18. The number of carbonyl (C=O) groups is 1. The number of benzene rings is 1. The van der Waals surface area contributed by atoms with Crippen molar-refractivity contribution in [3.63, 3.8) is 0 Å². The van der Waals surface area contributed by atoms with Crippen LogP contribution in [0.2, 0.25) is 0 Å². The van der Waals surface area contributed by atoms with Crippen LogP contribution in [0.4, 0.5) is 5.82 Å². The Bertz CT molecular complexity index is 824. The van der Waals surface area contributed by atoms with E-state index in [2.05, 4.69) is 20.5 Å². The van der Waals surface area contributed by atoms with Crippen molar-refractivity contribution in [2.45, 2.75) is 11.8 Å². The molecule has 0 unspecified atom stereocenters. The monoisotopic (exact) mass is 355 g/mol. The van der Waals surface area contributed by atoms with Gasteiger partial charge in [-0.2, -0.15) is 0 Å². The molecular weight excluding hydrogens is 338 g/mol. The number of para-hydroxylation sites is 1. The quantitative estimate of drug-likeness (QED) is 0.656. The van der Waals surface area contributed by atoms with Crippen molar-refractivity contribution < 1.29 is 9.53 Å². The fourth-order valence-electron chi connectivity index (χ4n) is 2.20. The lowest BCUT2D eigenvalue weighted by molar-refractivity contribution is -0.113. The lowest BCUT2D eigenvalue weighted by Gasteiger charge is -2.09. The van der Waals surface area contributed by atoms with Crippen LogP contribution in [0.5, 0.6) is 0 Å².